The Balaban J connectivity index is 1.29. The van der Waals surface area contributed by atoms with Crippen molar-refractivity contribution >= 4 is 23.9 Å². The van der Waals surface area contributed by atoms with Crippen molar-refractivity contribution in [3.05, 3.63) is 64.3 Å². The molecule has 2 amide bonds. The number of ketones is 1. The van der Waals surface area contributed by atoms with Gasteiger partial charge in [0.2, 0.25) is 0 Å². The molecule has 2 saturated carbocycles. The summed E-state index contributed by atoms with van der Waals surface area (Å²) in [6.07, 6.45) is 12.3. The molecule has 1 aromatic carbocycles. The van der Waals surface area contributed by atoms with Gasteiger partial charge in [0.1, 0.15) is 0 Å². The molecular weight excluding hydrogens is 516 g/mol. The quantitative estimate of drug-likeness (QED) is 0.359. The van der Waals surface area contributed by atoms with Crippen LogP contribution in [0.15, 0.2) is 53.1 Å². The number of urea groups is 1. The number of fused-ring (bicyclic) bond motifs is 4. The molecule has 2 fully saturated rings. The fraction of sp³-hybridized carbons (Fsp3) is 0.559. The lowest BCUT2D eigenvalue weighted by atomic mass is 9.51. The Hall–Kier alpha value is -3.19. The van der Waals surface area contributed by atoms with Gasteiger partial charge < -0.3 is 20.5 Å². The zero-order valence-electron chi connectivity index (χ0n) is 24.6. The first-order valence-corrected chi connectivity index (χ1v) is 15.3. The largest absolute Gasteiger partial charge is 0.466 e. The number of carbonyl (C=O) groups excluding carboxylic acids is 3. The molecule has 0 spiro atoms. The molecule has 0 radical (unpaired) electrons. The van der Waals surface area contributed by atoms with Crippen LogP contribution in [0.1, 0.15) is 89.2 Å². The summed E-state index contributed by atoms with van der Waals surface area (Å²) in [6.45, 7) is 7.04. The summed E-state index contributed by atoms with van der Waals surface area (Å²) in [5, 5.41) is 17.0. The summed E-state index contributed by atoms with van der Waals surface area (Å²) in [6, 6.07) is 8.34. The third-order valence-corrected chi connectivity index (χ3v) is 10.2. The molecule has 4 aliphatic carbocycles. The van der Waals surface area contributed by atoms with Crippen LogP contribution in [-0.4, -0.2) is 48.2 Å². The van der Waals surface area contributed by atoms with Gasteiger partial charge in [-0.2, -0.15) is 0 Å². The van der Waals surface area contributed by atoms with Gasteiger partial charge in [-0.15, -0.1) is 0 Å². The molecule has 41 heavy (non-hydrogen) atoms. The second-order valence-corrected chi connectivity index (χ2v) is 12.6. The second-order valence-electron chi connectivity index (χ2n) is 12.6. The van der Waals surface area contributed by atoms with E-state index in [9.17, 15) is 19.5 Å². The first kappa shape index (κ1) is 29.3. The van der Waals surface area contributed by atoms with E-state index in [1.807, 2.05) is 25.2 Å². The molecule has 4 aliphatic rings. The number of carbonyl (C=O) groups is 3. The fourth-order valence-electron chi connectivity index (χ4n) is 7.94. The van der Waals surface area contributed by atoms with E-state index in [0.717, 1.165) is 44.1 Å². The minimum atomic E-state index is -0.675. The second kappa shape index (κ2) is 12.0. The van der Waals surface area contributed by atoms with Crippen LogP contribution >= 0.6 is 0 Å². The van der Waals surface area contributed by atoms with Crippen LogP contribution < -0.4 is 10.6 Å². The highest BCUT2D eigenvalue weighted by Gasteiger charge is 2.60. The predicted molar refractivity (Wildman–Crippen MR) is 159 cm³/mol. The maximum atomic E-state index is 12.2. The Morgan fingerprint density at radius 2 is 1.88 bits per heavy atom. The zero-order chi connectivity index (χ0) is 29.2. The Kier molecular flexibility index (Phi) is 8.55. The Morgan fingerprint density at radius 1 is 1.10 bits per heavy atom. The average molecular weight is 561 g/mol. The van der Waals surface area contributed by atoms with E-state index in [0.29, 0.717) is 31.4 Å². The monoisotopic (exact) mass is 560 g/mol. The fourth-order valence-corrected chi connectivity index (χ4v) is 7.94. The number of nitrogens with one attached hydrogen (secondary N) is 2. The van der Waals surface area contributed by atoms with Gasteiger partial charge in [-0.05, 0) is 92.6 Å². The smallest absolute Gasteiger partial charge is 0.315 e. The van der Waals surface area contributed by atoms with Gasteiger partial charge in [0.15, 0.2) is 5.78 Å². The first-order chi connectivity index (χ1) is 19.6. The van der Waals surface area contributed by atoms with E-state index in [2.05, 4.69) is 41.8 Å². The Labute approximate surface area is 243 Å². The van der Waals surface area contributed by atoms with Crippen molar-refractivity contribution in [2.75, 3.05) is 19.7 Å². The highest BCUT2D eigenvalue weighted by molar-refractivity contribution is 5.93. The van der Waals surface area contributed by atoms with Gasteiger partial charge in [-0.1, -0.05) is 48.9 Å². The first-order valence-electron chi connectivity index (χ1n) is 15.3. The molecule has 1 aromatic rings. The van der Waals surface area contributed by atoms with Gasteiger partial charge in [0.25, 0.3) is 0 Å². The number of hydrogen-bond acceptors (Lipinski definition) is 5. The van der Waals surface area contributed by atoms with Crippen molar-refractivity contribution in [2.24, 2.45) is 17.3 Å². The molecule has 0 aliphatic heterocycles. The number of rotatable bonds is 8. The summed E-state index contributed by atoms with van der Waals surface area (Å²) in [5.41, 5.74) is 5.72. The van der Waals surface area contributed by atoms with Gasteiger partial charge in [0, 0.05) is 30.8 Å². The molecule has 7 nitrogen and oxygen atoms in total. The van der Waals surface area contributed by atoms with Gasteiger partial charge in [-0.3, -0.25) is 9.59 Å². The van der Waals surface area contributed by atoms with Crippen LogP contribution in [0.5, 0.6) is 0 Å². The van der Waals surface area contributed by atoms with Crippen LogP contribution in [0.4, 0.5) is 4.79 Å². The van der Waals surface area contributed by atoms with Crippen molar-refractivity contribution in [2.45, 2.75) is 83.7 Å². The molecule has 220 valence electrons. The van der Waals surface area contributed by atoms with Gasteiger partial charge in [0.05, 0.1) is 18.6 Å². The number of aliphatic hydroxyl groups is 1. The highest BCUT2D eigenvalue weighted by atomic mass is 16.5. The predicted octanol–water partition coefficient (Wildman–Crippen LogP) is 5.60. The number of benzene rings is 1. The molecule has 5 atom stereocenters. The van der Waals surface area contributed by atoms with Crippen molar-refractivity contribution in [3.8, 4) is 0 Å². The maximum Gasteiger partial charge on any atom is 0.315 e. The highest BCUT2D eigenvalue weighted by Crippen LogP contribution is 2.66. The van der Waals surface area contributed by atoms with E-state index < -0.39 is 5.60 Å². The van der Waals surface area contributed by atoms with Crippen LogP contribution in [0.2, 0.25) is 0 Å². The summed E-state index contributed by atoms with van der Waals surface area (Å²) < 4.78 is 4.85. The van der Waals surface area contributed by atoms with Crippen molar-refractivity contribution in [3.63, 3.8) is 0 Å². The molecule has 2 unspecified atom stereocenters. The van der Waals surface area contributed by atoms with Crippen LogP contribution in [0.3, 0.4) is 0 Å². The molecule has 0 heterocycles. The molecule has 0 aromatic heterocycles. The normalized spacial score (nSPS) is 30.8. The van der Waals surface area contributed by atoms with Crippen LogP contribution in [0, 0.1) is 17.3 Å². The van der Waals surface area contributed by atoms with Crippen LogP contribution in [-0.2, 0) is 14.3 Å². The molecular formula is C34H44N2O5. The summed E-state index contributed by atoms with van der Waals surface area (Å²) in [7, 11) is 0. The van der Waals surface area contributed by atoms with Crippen molar-refractivity contribution in [1.29, 1.82) is 0 Å². The number of hydrogen-bond donors (Lipinski definition) is 3. The van der Waals surface area contributed by atoms with E-state index in [4.69, 9.17) is 4.74 Å². The number of amides is 2. The third-order valence-electron chi connectivity index (χ3n) is 10.2. The minimum absolute atomic E-state index is 0.140. The molecule has 5 rings (SSSR count). The lowest BCUT2D eigenvalue weighted by Gasteiger charge is -2.54. The molecule has 0 saturated heterocycles. The van der Waals surface area contributed by atoms with Gasteiger partial charge in [-0.25, -0.2) is 4.79 Å². The SMILES string of the molecule is CCOC(=O)CCNC(=O)NC/C=C/c1ccc([C@H]2C[C@@]3(C)C(CC[C@]3(C)O)C3CCC4=CC(=O)CCC4=C32)cc1. The van der Waals surface area contributed by atoms with E-state index in [1.165, 1.54) is 22.3 Å². The summed E-state index contributed by atoms with van der Waals surface area (Å²) in [4.78, 5) is 35.6. The molecule has 3 N–H and O–H groups in total. The average Bonchev–Trinajstić information content (AvgIpc) is 3.19. The zero-order valence-corrected chi connectivity index (χ0v) is 24.6. The number of ether oxygens (including phenoxy) is 1. The Bertz CT molecular complexity index is 1270. The van der Waals surface area contributed by atoms with E-state index >= 15 is 0 Å². The topological polar surface area (TPSA) is 105 Å². The maximum absolute atomic E-state index is 12.2. The van der Waals surface area contributed by atoms with Crippen molar-refractivity contribution in [1.82, 2.24) is 10.6 Å². The lowest BCUT2D eigenvalue weighted by Crippen LogP contribution is -2.50. The van der Waals surface area contributed by atoms with Crippen LogP contribution in [0.25, 0.3) is 6.08 Å². The molecule has 0 bridgehead atoms. The third kappa shape index (κ3) is 5.92. The summed E-state index contributed by atoms with van der Waals surface area (Å²) >= 11 is 0. The van der Waals surface area contributed by atoms with E-state index in [1.54, 1.807) is 6.92 Å². The minimum Gasteiger partial charge on any atom is -0.466 e. The molecule has 7 heteroatoms. The standard InChI is InChI=1S/C34H44N2O5/c1-4-41-30(38)16-19-36-32(39)35-18-5-6-22-7-9-23(10-8-22)28-21-33(2)29(15-17-34(33,3)40)27-13-11-24-20-25(37)12-14-26(24)31(27)28/h5-10,20,27-29,40H,4,11-19,21H2,1-3H3,(H2,35,36,39)/b6-5+/t27?,28-,29?,33+,34+/m1/s1. The van der Waals surface area contributed by atoms with Gasteiger partial charge >= 0.3 is 12.0 Å². The van der Waals surface area contributed by atoms with E-state index in [-0.39, 0.29) is 42.1 Å². The Morgan fingerprint density at radius 3 is 2.63 bits per heavy atom. The lowest BCUT2D eigenvalue weighted by molar-refractivity contribution is -0.142. The number of allylic oxidation sites excluding steroid dienone is 4. The summed E-state index contributed by atoms with van der Waals surface area (Å²) in [5.74, 6) is 1.10. The van der Waals surface area contributed by atoms with Crippen molar-refractivity contribution < 1.29 is 24.2 Å². The number of esters is 1.